The number of aliphatic hydroxyl groups excluding tert-OH is 1. The molecule has 1 amide bonds. The number of ether oxygens (including phenoxy) is 1. The summed E-state index contributed by atoms with van der Waals surface area (Å²) in [4.78, 5) is 21.9. The maximum Gasteiger partial charge on any atom is 0.272 e. The molecule has 1 aromatic carbocycles. The van der Waals surface area contributed by atoms with Gasteiger partial charge in [0.05, 0.1) is 18.4 Å². The first kappa shape index (κ1) is 25.2. The number of carbonyl (C=O) groups excluding carboxylic acids is 1. The van der Waals surface area contributed by atoms with Crippen LogP contribution in [0, 0.1) is 0 Å². The van der Waals surface area contributed by atoms with Gasteiger partial charge in [0.15, 0.2) is 17.1 Å². The van der Waals surface area contributed by atoms with E-state index < -0.39 is 8.07 Å². The molecule has 0 bridgehead atoms. The Bertz CT molecular complexity index is 1410. The van der Waals surface area contributed by atoms with E-state index in [0.717, 1.165) is 30.1 Å². The zero-order valence-electron chi connectivity index (χ0n) is 21.4. The lowest BCUT2D eigenvalue weighted by atomic mass is 10.2. The number of aliphatic hydroxyl groups is 1. The number of hydrogen-bond donors (Lipinski definition) is 4. The van der Waals surface area contributed by atoms with E-state index in [2.05, 4.69) is 50.7 Å². The second-order valence-corrected chi connectivity index (χ2v) is 16.1. The van der Waals surface area contributed by atoms with Crippen LogP contribution in [-0.2, 0) is 11.5 Å². The van der Waals surface area contributed by atoms with Crippen molar-refractivity contribution in [2.24, 2.45) is 0 Å². The molecule has 1 fully saturated rings. The number of rotatable bonds is 12. The average molecular weight is 524 g/mol. The number of nitrogens with one attached hydrogen (secondary N) is 3. The Morgan fingerprint density at radius 3 is 2.84 bits per heavy atom. The van der Waals surface area contributed by atoms with Gasteiger partial charge >= 0.3 is 0 Å². The van der Waals surface area contributed by atoms with E-state index in [0.29, 0.717) is 40.9 Å². The van der Waals surface area contributed by atoms with Gasteiger partial charge in [-0.05, 0) is 37.1 Å². The normalized spacial score (nSPS) is 13.8. The zero-order chi connectivity index (χ0) is 26.0. The maximum absolute atomic E-state index is 12.7. The summed E-state index contributed by atoms with van der Waals surface area (Å²) in [7, 11) is -1.23. The second kappa shape index (κ2) is 10.5. The Morgan fingerprint density at radius 1 is 1.24 bits per heavy atom. The molecule has 1 aliphatic carbocycles. The number of benzene rings is 1. The van der Waals surface area contributed by atoms with E-state index in [9.17, 15) is 4.79 Å². The third kappa shape index (κ3) is 6.09. The summed E-state index contributed by atoms with van der Waals surface area (Å²) in [6.07, 6.45) is 3.84. The number of fused-ring (bicyclic) bond motifs is 2. The van der Waals surface area contributed by atoms with Crippen LogP contribution in [0.2, 0.25) is 25.7 Å². The topological polar surface area (TPSA) is 139 Å². The van der Waals surface area contributed by atoms with Gasteiger partial charge in [-0.1, -0.05) is 19.6 Å². The van der Waals surface area contributed by atoms with Gasteiger partial charge < -0.3 is 30.2 Å². The van der Waals surface area contributed by atoms with Crippen molar-refractivity contribution < 1.29 is 19.1 Å². The lowest BCUT2D eigenvalue weighted by Gasteiger charge is -2.15. The molecule has 3 aromatic heterocycles. The highest BCUT2D eigenvalue weighted by Gasteiger charge is 2.24. The van der Waals surface area contributed by atoms with Crippen molar-refractivity contribution in [1.82, 2.24) is 25.1 Å². The summed E-state index contributed by atoms with van der Waals surface area (Å²) in [5.74, 6) is 0.768. The predicted octanol–water partition coefficient (Wildman–Crippen LogP) is 3.92. The van der Waals surface area contributed by atoms with Gasteiger partial charge in [-0.15, -0.1) is 0 Å². The van der Waals surface area contributed by atoms with Crippen molar-refractivity contribution in [3.63, 3.8) is 0 Å². The molecule has 4 N–H and O–H groups in total. The zero-order valence-corrected chi connectivity index (χ0v) is 22.4. The largest absolute Gasteiger partial charge is 0.459 e. The van der Waals surface area contributed by atoms with Crippen molar-refractivity contribution in [3.8, 4) is 0 Å². The van der Waals surface area contributed by atoms with E-state index in [1.165, 1.54) is 0 Å². The first-order chi connectivity index (χ1) is 17.8. The lowest BCUT2D eigenvalue weighted by Crippen LogP contribution is -2.27. The van der Waals surface area contributed by atoms with Gasteiger partial charge in [-0.25, -0.2) is 9.67 Å². The minimum absolute atomic E-state index is 0.142. The summed E-state index contributed by atoms with van der Waals surface area (Å²) in [6.45, 7) is 7.78. The van der Waals surface area contributed by atoms with Crippen molar-refractivity contribution in [2.75, 3.05) is 30.4 Å². The Morgan fingerprint density at radius 2 is 2.08 bits per heavy atom. The van der Waals surface area contributed by atoms with E-state index in [1.807, 2.05) is 24.3 Å². The SMILES string of the molecule is C[Si](C)(C)CCOCn1nc(C(=O)NCCO)c2ccc(Nc3nc(NC4CC4)c4occc4n3)cc21. The molecule has 37 heavy (non-hydrogen) atoms. The minimum atomic E-state index is -1.23. The van der Waals surface area contributed by atoms with E-state index in [1.54, 1.807) is 10.9 Å². The number of furan rings is 1. The van der Waals surface area contributed by atoms with Gasteiger partial charge in [0.25, 0.3) is 5.91 Å². The minimum Gasteiger partial charge on any atom is -0.459 e. The molecule has 3 heterocycles. The fourth-order valence-corrected chi connectivity index (χ4v) is 4.62. The Balaban J connectivity index is 1.43. The number of carbonyl (C=O) groups is 1. The molecule has 11 nitrogen and oxygen atoms in total. The van der Waals surface area contributed by atoms with Crippen LogP contribution >= 0.6 is 0 Å². The summed E-state index contributed by atoms with van der Waals surface area (Å²) in [5.41, 5.74) is 3.13. The van der Waals surface area contributed by atoms with Crippen LogP contribution in [0.5, 0.6) is 0 Å². The molecule has 0 unspecified atom stereocenters. The fourth-order valence-electron chi connectivity index (χ4n) is 3.87. The standard InChI is InChI=1S/C25H33N7O4Si/c1-37(2,3)13-12-35-15-32-20-14-17(6-7-18(20)21(31-32)24(34)26-9-10-33)28-25-29-19-8-11-36-22(19)23(30-25)27-16-4-5-16/h6-8,11,14,16,33H,4-5,9-10,12-13,15H2,1-3H3,(H,26,34)(H2,27,28,29,30). The van der Waals surface area contributed by atoms with Gasteiger partial charge in [0.1, 0.15) is 12.2 Å². The number of hydrogen-bond acceptors (Lipinski definition) is 9. The molecule has 4 aromatic rings. The Hall–Kier alpha value is -3.48. The molecule has 1 saturated carbocycles. The summed E-state index contributed by atoms with van der Waals surface area (Å²) >= 11 is 0. The van der Waals surface area contributed by atoms with Gasteiger partial charge in [0, 0.05) is 44.4 Å². The fraction of sp³-hybridized carbons (Fsp3) is 0.440. The molecule has 1 aliphatic rings. The maximum atomic E-state index is 12.7. The first-order valence-electron chi connectivity index (χ1n) is 12.6. The predicted molar refractivity (Wildman–Crippen MR) is 145 cm³/mol. The molecule has 0 atom stereocenters. The number of aromatic nitrogens is 4. The molecule has 12 heteroatoms. The molecule has 0 spiro atoms. The second-order valence-electron chi connectivity index (χ2n) is 10.5. The third-order valence-electron chi connectivity index (χ3n) is 6.05. The average Bonchev–Trinajstić information content (AvgIpc) is 3.41. The number of amides is 1. The highest BCUT2D eigenvalue weighted by molar-refractivity contribution is 6.76. The van der Waals surface area contributed by atoms with Gasteiger partial charge in [-0.3, -0.25) is 4.79 Å². The third-order valence-corrected chi connectivity index (χ3v) is 7.76. The first-order valence-corrected chi connectivity index (χ1v) is 16.3. The molecular formula is C25H33N7O4Si. The van der Waals surface area contributed by atoms with Crippen LogP contribution in [0.4, 0.5) is 17.5 Å². The van der Waals surface area contributed by atoms with Crippen molar-refractivity contribution in [3.05, 3.63) is 36.2 Å². The van der Waals surface area contributed by atoms with Crippen LogP contribution in [0.25, 0.3) is 22.0 Å². The lowest BCUT2D eigenvalue weighted by molar-refractivity contribution is 0.0804. The molecular weight excluding hydrogens is 490 g/mol. The van der Waals surface area contributed by atoms with E-state index in [4.69, 9.17) is 14.3 Å². The highest BCUT2D eigenvalue weighted by atomic mass is 28.3. The molecule has 0 radical (unpaired) electrons. The van der Waals surface area contributed by atoms with Gasteiger partial charge in [0.2, 0.25) is 5.95 Å². The van der Waals surface area contributed by atoms with Crippen LogP contribution in [0.1, 0.15) is 23.3 Å². The smallest absolute Gasteiger partial charge is 0.272 e. The molecule has 196 valence electrons. The summed E-state index contributed by atoms with van der Waals surface area (Å²) in [6, 6.07) is 8.88. The molecule has 0 aliphatic heterocycles. The van der Waals surface area contributed by atoms with Crippen molar-refractivity contribution in [2.45, 2.75) is 51.3 Å². The molecule has 0 saturated heterocycles. The Kier molecular flexibility index (Phi) is 7.13. The van der Waals surface area contributed by atoms with Crippen molar-refractivity contribution in [1.29, 1.82) is 0 Å². The number of anilines is 3. The monoisotopic (exact) mass is 523 g/mol. The summed E-state index contributed by atoms with van der Waals surface area (Å²) in [5, 5.41) is 23.7. The Labute approximate surface area is 215 Å². The van der Waals surface area contributed by atoms with E-state index in [-0.39, 0.29) is 31.5 Å². The van der Waals surface area contributed by atoms with E-state index >= 15 is 0 Å². The van der Waals surface area contributed by atoms with Crippen LogP contribution < -0.4 is 16.0 Å². The summed E-state index contributed by atoms with van der Waals surface area (Å²) < 4.78 is 13.2. The highest BCUT2D eigenvalue weighted by Crippen LogP contribution is 2.31. The number of nitrogens with zero attached hydrogens (tertiary/aromatic N) is 4. The van der Waals surface area contributed by atoms with Crippen LogP contribution in [0.15, 0.2) is 34.9 Å². The van der Waals surface area contributed by atoms with Crippen LogP contribution in [0.3, 0.4) is 0 Å². The quantitative estimate of drug-likeness (QED) is 0.161. The van der Waals surface area contributed by atoms with Crippen LogP contribution in [-0.4, -0.2) is 64.6 Å². The molecule has 5 rings (SSSR count). The van der Waals surface area contributed by atoms with Gasteiger partial charge in [-0.2, -0.15) is 10.1 Å². The van der Waals surface area contributed by atoms with Crippen molar-refractivity contribution >= 4 is 53.4 Å².